The van der Waals surface area contributed by atoms with E-state index < -0.39 is 17.6 Å². The molecule has 0 unspecified atom stereocenters. The summed E-state index contributed by atoms with van der Waals surface area (Å²) in [6.45, 7) is 2.53. The fourth-order valence-electron chi connectivity index (χ4n) is 2.55. The maximum Gasteiger partial charge on any atom is 0.274 e. The number of ether oxygens (including phenoxy) is 1. The quantitative estimate of drug-likeness (QED) is 0.619. The van der Waals surface area contributed by atoms with Gasteiger partial charge in [0.2, 0.25) is 0 Å². The highest BCUT2D eigenvalue weighted by atomic mass is 19.1. The van der Waals surface area contributed by atoms with Gasteiger partial charge in [0.05, 0.1) is 18.0 Å². The summed E-state index contributed by atoms with van der Waals surface area (Å²) in [5.41, 5.74) is 0.952. The van der Waals surface area contributed by atoms with E-state index in [9.17, 15) is 14.0 Å². The predicted octanol–water partition coefficient (Wildman–Crippen LogP) is 4.51. The zero-order chi connectivity index (χ0) is 20.6. The molecule has 0 aliphatic rings. The van der Waals surface area contributed by atoms with E-state index in [0.29, 0.717) is 17.9 Å². The number of pyridine rings is 1. The average Bonchev–Trinajstić information content (AvgIpc) is 2.75. The Morgan fingerprint density at radius 2 is 1.79 bits per heavy atom. The van der Waals surface area contributed by atoms with Gasteiger partial charge in [0.25, 0.3) is 11.8 Å². The van der Waals surface area contributed by atoms with Crippen molar-refractivity contribution in [1.82, 2.24) is 4.98 Å². The zero-order valence-corrected chi connectivity index (χ0v) is 15.8. The summed E-state index contributed by atoms with van der Waals surface area (Å²) < 4.78 is 19.3. The van der Waals surface area contributed by atoms with Crippen LogP contribution in [0.2, 0.25) is 0 Å². The summed E-state index contributed by atoms with van der Waals surface area (Å²) in [4.78, 5) is 29.0. The summed E-state index contributed by atoms with van der Waals surface area (Å²) in [5, 5.41) is 5.28. The summed E-state index contributed by atoms with van der Waals surface area (Å²) >= 11 is 0. The van der Waals surface area contributed by atoms with Crippen LogP contribution >= 0.6 is 0 Å². The van der Waals surface area contributed by atoms with E-state index in [-0.39, 0.29) is 17.1 Å². The minimum atomic E-state index is -0.545. The summed E-state index contributed by atoms with van der Waals surface area (Å²) in [6, 6.07) is 15.3. The largest absolute Gasteiger partial charge is 0.494 e. The molecule has 0 atom stereocenters. The Labute approximate surface area is 167 Å². The van der Waals surface area contributed by atoms with E-state index in [1.54, 1.807) is 42.5 Å². The zero-order valence-electron chi connectivity index (χ0n) is 15.8. The smallest absolute Gasteiger partial charge is 0.274 e. The normalized spacial score (nSPS) is 10.3. The van der Waals surface area contributed by atoms with Crippen molar-refractivity contribution in [3.8, 4) is 5.75 Å². The fourth-order valence-corrected chi connectivity index (χ4v) is 2.55. The number of hydrogen-bond acceptors (Lipinski definition) is 4. The lowest BCUT2D eigenvalue weighted by Gasteiger charge is -2.13. The van der Waals surface area contributed by atoms with Crippen molar-refractivity contribution >= 4 is 23.2 Å². The summed E-state index contributed by atoms with van der Waals surface area (Å²) in [5.74, 6) is -0.896. The topological polar surface area (TPSA) is 80.3 Å². The van der Waals surface area contributed by atoms with Gasteiger partial charge in [-0.3, -0.25) is 14.6 Å². The molecule has 7 heteroatoms. The number of anilines is 2. The highest BCUT2D eigenvalue weighted by Gasteiger charge is 2.14. The highest BCUT2D eigenvalue weighted by Crippen LogP contribution is 2.25. The van der Waals surface area contributed by atoms with Crippen molar-refractivity contribution < 1.29 is 18.7 Å². The number of nitrogens with one attached hydrogen (secondary N) is 2. The molecule has 148 valence electrons. The van der Waals surface area contributed by atoms with Crippen LogP contribution in [-0.4, -0.2) is 23.4 Å². The van der Waals surface area contributed by atoms with E-state index in [1.165, 1.54) is 18.3 Å². The number of carbonyl (C=O) groups is 2. The molecule has 3 aromatic rings. The van der Waals surface area contributed by atoms with Crippen molar-refractivity contribution in [2.75, 3.05) is 17.2 Å². The van der Waals surface area contributed by atoms with Crippen LogP contribution < -0.4 is 15.4 Å². The minimum Gasteiger partial charge on any atom is -0.494 e. The van der Waals surface area contributed by atoms with Crippen molar-refractivity contribution in [3.05, 3.63) is 83.9 Å². The fraction of sp³-hybridized carbons (Fsp3) is 0.136. The number of rotatable bonds is 7. The van der Waals surface area contributed by atoms with Crippen LogP contribution in [0.3, 0.4) is 0 Å². The summed E-state index contributed by atoms with van der Waals surface area (Å²) in [6.07, 6.45) is 2.34. The maximum atomic E-state index is 13.8. The van der Waals surface area contributed by atoms with Gasteiger partial charge in [0, 0.05) is 11.8 Å². The Morgan fingerprint density at radius 3 is 2.55 bits per heavy atom. The first-order valence-electron chi connectivity index (χ1n) is 9.13. The molecule has 1 aromatic heterocycles. The molecular formula is C22H20FN3O3. The number of aromatic nitrogens is 1. The van der Waals surface area contributed by atoms with Gasteiger partial charge in [-0.15, -0.1) is 0 Å². The van der Waals surface area contributed by atoms with Gasteiger partial charge in [-0.1, -0.05) is 19.1 Å². The van der Waals surface area contributed by atoms with Gasteiger partial charge in [-0.25, -0.2) is 4.39 Å². The van der Waals surface area contributed by atoms with Gasteiger partial charge < -0.3 is 15.4 Å². The standard InChI is InChI=1S/C22H20FN3O3/c1-2-12-29-17-7-5-6-15(13-17)21(27)26-20-14-16(23)9-10-18(20)25-22(28)19-8-3-4-11-24-19/h3-11,13-14H,2,12H2,1H3,(H,25,28)(H,26,27). The first kappa shape index (κ1) is 20.0. The van der Waals surface area contributed by atoms with Crippen LogP contribution in [0.4, 0.5) is 15.8 Å². The number of amides is 2. The molecule has 0 bridgehead atoms. The summed E-state index contributed by atoms with van der Waals surface area (Å²) in [7, 11) is 0. The second kappa shape index (κ2) is 9.45. The third-order valence-electron chi connectivity index (χ3n) is 3.94. The Bertz CT molecular complexity index is 1010. The highest BCUT2D eigenvalue weighted by molar-refractivity contribution is 6.09. The van der Waals surface area contributed by atoms with E-state index >= 15 is 0 Å². The lowest BCUT2D eigenvalue weighted by Crippen LogP contribution is -2.17. The predicted molar refractivity (Wildman–Crippen MR) is 109 cm³/mol. The Kier molecular flexibility index (Phi) is 6.52. The molecular weight excluding hydrogens is 373 g/mol. The van der Waals surface area contributed by atoms with Crippen molar-refractivity contribution in [2.45, 2.75) is 13.3 Å². The van der Waals surface area contributed by atoms with Gasteiger partial charge in [0.1, 0.15) is 17.3 Å². The molecule has 2 N–H and O–H groups in total. The second-order valence-electron chi connectivity index (χ2n) is 6.19. The van der Waals surface area contributed by atoms with Crippen LogP contribution in [0.25, 0.3) is 0 Å². The SMILES string of the molecule is CCCOc1cccc(C(=O)Nc2cc(F)ccc2NC(=O)c2ccccn2)c1. The number of halogens is 1. The monoisotopic (exact) mass is 393 g/mol. The molecule has 0 saturated carbocycles. The van der Waals surface area contributed by atoms with Gasteiger partial charge in [-0.05, 0) is 55.0 Å². The molecule has 0 spiro atoms. The third-order valence-corrected chi connectivity index (χ3v) is 3.94. The average molecular weight is 393 g/mol. The lowest BCUT2D eigenvalue weighted by molar-refractivity contribution is 0.101. The molecule has 0 aliphatic heterocycles. The van der Waals surface area contributed by atoms with Crippen molar-refractivity contribution in [3.63, 3.8) is 0 Å². The number of nitrogens with zero attached hydrogens (tertiary/aromatic N) is 1. The lowest BCUT2D eigenvalue weighted by atomic mass is 10.2. The van der Waals surface area contributed by atoms with Crippen LogP contribution in [-0.2, 0) is 0 Å². The number of hydrogen-bond donors (Lipinski definition) is 2. The first-order valence-corrected chi connectivity index (χ1v) is 9.13. The second-order valence-corrected chi connectivity index (χ2v) is 6.19. The molecule has 6 nitrogen and oxygen atoms in total. The van der Waals surface area contributed by atoms with Gasteiger partial charge in [0.15, 0.2) is 0 Å². The van der Waals surface area contributed by atoms with E-state index in [0.717, 1.165) is 12.5 Å². The molecule has 0 fully saturated rings. The van der Waals surface area contributed by atoms with E-state index in [2.05, 4.69) is 15.6 Å². The molecule has 1 heterocycles. The van der Waals surface area contributed by atoms with Gasteiger partial charge in [-0.2, -0.15) is 0 Å². The molecule has 0 aliphatic carbocycles. The van der Waals surface area contributed by atoms with E-state index in [4.69, 9.17) is 4.74 Å². The Balaban J connectivity index is 1.79. The first-order chi connectivity index (χ1) is 14.1. The van der Waals surface area contributed by atoms with Crippen molar-refractivity contribution in [1.29, 1.82) is 0 Å². The number of benzene rings is 2. The molecule has 29 heavy (non-hydrogen) atoms. The van der Waals surface area contributed by atoms with Crippen molar-refractivity contribution in [2.24, 2.45) is 0 Å². The molecule has 3 rings (SSSR count). The van der Waals surface area contributed by atoms with Gasteiger partial charge >= 0.3 is 0 Å². The molecule has 0 radical (unpaired) electrons. The van der Waals surface area contributed by atoms with Crippen LogP contribution in [0.5, 0.6) is 5.75 Å². The Morgan fingerprint density at radius 1 is 0.966 bits per heavy atom. The molecule has 0 saturated heterocycles. The van der Waals surface area contributed by atoms with Crippen LogP contribution in [0.1, 0.15) is 34.2 Å². The van der Waals surface area contributed by atoms with Crippen LogP contribution in [0, 0.1) is 5.82 Å². The minimum absolute atomic E-state index is 0.138. The molecule has 2 aromatic carbocycles. The van der Waals surface area contributed by atoms with Crippen LogP contribution in [0.15, 0.2) is 66.9 Å². The van der Waals surface area contributed by atoms with E-state index in [1.807, 2.05) is 6.92 Å². The Hall–Kier alpha value is -3.74. The molecule has 2 amide bonds. The maximum absolute atomic E-state index is 13.8. The third kappa shape index (κ3) is 5.38. The number of carbonyl (C=O) groups excluding carboxylic acids is 2.